The average molecular weight is 246 g/mol. The average Bonchev–Trinajstić information content (AvgIpc) is 2.82. The molecule has 7 nitrogen and oxygen atoms in total. The van der Waals surface area contributed by atoms with Gasteiger partial charge >= 0.3 is 0 Å². The van der Waals surface area contributed by atoms with Crippen molar-refractivity contribution in [3.8, 4) is 0 Å². The van der Waals surface area contributed by atoms with Crippen molar-refractivity contribution in [3.63, 3.8) is 0 Å². The summed E-state index contributed by atoms with van der Waals surface area (Å²) in [5.41, 5.74) is 5.53. The first kappa shape index (κ1) is 12.0. The molecule has 0 unspecified atom stereocenters. The molecule has 7 heteroatoms. The Labute approximate surface area is 104 Å². The molecule has 1 amide bonds. The number of nitrogens with one attached hydrogen (secondary N) is 1. The van der Waals surface area contributed by atoms with Gasteiger partial charge in [-0.3, -0.25) is 9.48 Å². The molecule has 0 fully saturated rings. The molecule has 0 aliphatic rings. The van der Waals surface area contributed by atoms with Crippen molar-refractivity contribution in [2.75, 3.05) is 5.32 Å². The standard InChI is InChI=1S/C11H14N6O/c1-8(5-17-7-13-6-15-17)16-10-3-2-9(4-14-10)11(12)18/h2-4,6-8H,5H2,1H3,(H2,12,18)(H,14,16)/t8-/m1/s1. The summed E-state index contributed by atoms with van der Waals surface area (Å²) >= 11 is 0. The predicted octanol–water partition coefficient (Wildman–Crippen LogP) is 0.273. The van der Waals surface area contributed by atoms with Crippen LogP contribution in [0.3, 0.4) is 0 Å². The van der Waals surface area contributed by atoms with Gasteiger partial charge in [0, 0.05) is 12.2 Å². The largest absolute Gasteiger partial charge is 0.366 e. The molecule has 0 radical (unpaired) electrons. The Morgan fingerprint density at radius 2 is 2.39 bits per heavy atom. The van der Waals surface area contributed by atoms with Crippen LogP contribution in [0.4, 0.5) is 5.82 Å². The minimum absolute atomic E-state index is 0.138. The van der Waals surface area contributed by atoms with Gasteiger partial charge in [0.15, 0.2) is 0 Å². The van der Waals surface area contributed by atoms with Crippen LogP contribution < -0.4 is 11.1 Å². The van der Waals surface area contributed by atoms with Gasteiger partial charge in [-0.25, -0.2) is 9.97 Å². The van der Waals surface area contributed by atoms with Crippen molar-refractivity contribution in [2.45, 2.75) is 19.5 Å². The molecule has 0 spiro atoms. The summed E-state index contributed by atoms with van der Waals surface area (Å²) in [4.78, 5) is 18.9. The molecule has 2 rings (SSSR count). The Kier molecular flexibility index (Phi) is 3.52. The molecule has 18 heavy (non-hydrogen) atoms. The first-order valence-corrected chi connectivity index (χ1v) is 5.50. The van der Waals surface area contributed by atoms with Gasteiger partial charge in [-0.15, -0.1) is 0 Å². The summed E-state index contributed by atoms with van der Waals surface area (Å²) in [6, 6.07) is 3.50. The second kappa shape index (κ2) is 5.26. The number of aromatic nitrogens is 4. The lowest BCUT2D eigenvalue weighted by Gasteiger charge is -2.14. The Balaban J connectivity index is 1.94. The number of hydrogen-bond donors (Lipinski definition) is 2. The van der Waals surface area contributed by atoms with E-state index in [1.54, 1.807) is 23.1 Å². The maximum atomic E-state index is 10.9. The Bertz CT molecular complexity index is 507. The summed E-state index contributed by atoms with van der Waals surface area (Å²) in [5, 5.41) is 7.21. The van der Waals surface area contributed by atoms with E-state index in [4.69, 9.17) is 5.73 Å². The van der Waals surface area contributed by atoms with Gasteiger partial charge in [0.25, 0.3) is 0 Å². The van der Waals surface area contributed by atoms with E-state index < -0.39 is 5.91 Å². The van der Waals surface area contributed by atoms with Crippen molar-refractivity contribution >= 4 is 11.7 Å². The van der Waals surface area contributed by atoms with Crippen LogP contribution in [0.1, 0.15) is 17.3 Å². The van der Waals surface area contributed by atoms with Crippen LogP contribution in [-0.4, -0.2) is 31.7 Å². The Morgan fingerprint density at radius 1 is 1.56 bits per heavy atom. The van der Waals surface area contributed by atoms with E-state index in [0.717, 1.165) is 0 Å². The van der Waals surface area contributed by atoms with E-state index in [0.29, 0.717) is 17.9 Å². The van der Waals surface area contributed by atoms with E-state index in [1.807, 2.05) is 6.92 Å². The number of nitrogens with zero attached hydrogens (tertiary/aromatic N) is 4. The highest BCUT2D eigenvalue weighted by atomic mass is 16.1. The van der Waals surface area contributed by atoms with E-state index in [-0.39, 0.29) is 6.04 Å². The number of amides is 1. The minimum Gasteiger partial charge on any atom is -0.366 e. The van der Waals surface area contributed by atoms with Crippen molar-refractivity contribution in [2.24, 2.45) is 5.73 Å². The maximum Gasteiger partial charge on any atom is 0.250 e. The lowest BCUT2D eigenvalue weighted by atomic mass is 10.2. The van der Waals surface area contributed by atoms with E-state index in [9.17, 15) is 4.79 Å². The van der Waals surface area contributed by atoms with Crippen LogP contribution in [0.2, 0.25) is 0 Å². The summed E-state index contributed by atoms with van der Waals surface area (Å²) in [7, 11) is 0. The third-order valence-electron chi connectivity index (χ3n) is 2.37. The van der Waals surface area contributed by atoms with E-state index >= 15 is 0 Å². The number of nitrogens with two attached hydrogens (primary N) is 1. The van der Waals surface area contributed by atoms with Gasteiger partial charge in [0.1, 0.15) is 18.5 Å². The zero-order chi connectivity index (χ0) is 13.0. The van der Waals surface area contributed by atoms with Crippen molar-refractivity contribution in [3.05, 3.63) is 36.5 Å². The van der Waals surface area contributed by atoms with Gasteiger partial charge in [0.05, 0.1) is 12.1 Å². The second-order valence-electron chi connectivity index (χ2n) is 3.96. The summed E-state index contributed by atoms with van der Waals surface area (Å²) in [5.74, 6) is 0.206. The van der Waals surface area contributed by atoms with E-state index in [2.05, 4.69) is 20.4 Å². The smallest absolute Gasteiger partial charge is 0.250 e. The number of hydrogen-bond acceptors (Lipinski definition) is 5. The molecule has 2 aromatic rings. The van der Waals surface area contributed by atoms with Crippen LogP contribution in [-0.2, 0) is 6.54 Å². The first-order chi connectivity index (χ1) is 8.65. The fourth-order valence-electron chi connectivity index (χ4n) is 1.53. The normalized spacial score (nSPS) is 12.1. The molecule has 1 atom stereocenters. The lowest BCUT2D eigenvalue weighted by molar-refractivity contribution is 0.1000. The SMILES string of the molecule is C[C@H](Cn1cncn1)Nc1ccc(C(N)=O)cn1. The molecule has 0 aliphatic carbocycles. The number of primary amides is 1. The molecule has 3 N–H and O–H groups in total. The van der Waals surface area contributed by atoms with Crippen LogP contribution in [0.25, 0.3) is 0 Å². The van der Waals surface area contributed by atoms with Crippen molar-refractivity contribution in [1.29, 1.82) is 0 Å². The molecule has 0 saturated carbocycles. The molecule has 2 aromatic heterocycles. The van der Waals surface area contributed by atoms with Gasteiger partial charge in [0.2, 0.25) is 5.91 Å². The summed E-state index contributed by atoms with van der Waals surface area (Å²) in [6.45, 7) is 2.69. The Morgan fingerprint density at radius 3 is 2.94 bits per heavy atom. The van der Waals surface area contributed by atoms with Gasteiger partial charge in [-0.05, 0) is 19.1 Å². The summed E-state index contributed by atoms with van der Waals surface area (Å²) in [6.07, 6.45) is 4.60. The fraction of sp³-hybridized carbons (Fsp3) is 0.273. The van der Waals surface area contributed by atoms with Crippen LogP contribution >= 0.6 is 0 Å². The van der Waals surface area contributed by atoms with Crippen LogP contribution in [0.5, 0.6) is 0 Å². The van der Waals surface area contributed by atoms with Gasteiger partial charge in [-0.2, -0.15) is 5.10 Å². The number of anilines is 1. The lowest BCUT2D eigenvalue weighted by Crippen LogP contribution is -2.23. The number of rotatable bonds is 5. The topological polar surface area (TPSA) is 98.7 Å². The van der Waals surface area contributed by atoms with Crippen molar-refractivity contribution in [1.82, 2.24) is 19.7 Å². The minimum atomic E-state index is -0.482. The molecule has 0 saturated heterocycles. The zero-order valence-corrected chi connectivity index (χ0v) is 9.95. The number of carbonyl (C=O) groups excluding carboxylic acids is 1. The van der Waals surface area contributed by atoms with E-state index in [1.165, 1.54) is 12.5 Å². The second-order valence-corrected chi connectivity index (χ2v) is 3.96. The maximum absolute atomic E-state index is 10.9. The number of pyridine rings is 1. The molecule has 0 aliphatic heterocycles. The first-order valence-electron chi connectivity index (χ1n) is 5.50. The molecule has 94 valence electrons. The highest BCUT2D eigenvalue weighted by molar-refractivity contribution is 5.92. The molecular weight excluding hydrogens is 232 g/mol. The number of carbonyl (C=O) groups is 1. The molecule has 0 bridgehead atoms. The third kappa shape index (κ3) is 3.03. The van der Waals surface area contributed by atoms with Gasteiger partial charge < -0.3 is 11.1 Å². The molecular formula is C11H14N6O. The highest BCUT2D eigenvalue weighted by Gasteiger charge is 2.05. The fourth-order valence-corrected chi connectivity index (χ4v) is 1.53. The quantitative estimate of drug-likeness (QED) is 0.789. The molecule has 2 heterocycles. The summed E-state index contributed by atoms with van der Waals surface area (Å²) < 4.78 is 1.73. The molecule has 0 aromatic carbocycles. The Hall–Kier alpha value is -2.44. The monoisotopic (exact) mass is 246 g/mol. The van der Waals surface area contributed by atoms with Crippen LogP contribution in [0, 0.1) is 0 Å². The van der Waals surface area contributed by atoms with Crippen LogP contribution in [0.15, 0.2) is 31.0 Å². The zero-order valence-electron chi connectivity index (χ0n) is 9.95. The third-order valence-corrected chi connectivity index (χ3v) is 2.37. The predicted molar refractivity (Wildman–Crippen MR) is 65.9 cm³/mol. The highest BCUT2D eigenvalue weighted by Crippen LogP contribution is 2.06. The van der Waals surface area contributed by atoms with Gasteiger partial charge in [-0.1, -0.05) is 0 Å². The van der Waals surface area contributed by atoms with Crippen molar-refractivity contribution < 1.29 is 4.79 Å².